The fourth-order valence-corrected chi connectivity index (χ4v) is 5.73. The number of nitrogens with one attached hydrogen (secondary N) is 2. The first-order valence-corrected chi connectivity index (χ1v) is 16.5. The Bertz CT molecular complexity index is 1960. The number of anilines is 1. The van der Waals surface area contributed by atoms with E-state index in [0.717, 1.165) is 32.8 Å². The molecule has 10 nitrogen and oxygen atoms in total. The van der Waals surface area contributed by atoms with Gasteiger partial charge in [0.2, 0.25) is 5.91 Å². The average Bonchev–Trinajstić information content (AvgIpc) is 3.08. The van der Waals surface area contributed by atoms with Gasteiger partial charge in [0.05, 0.1) is 18.2 Å². The van der Waals surface area contributed by atoms with Crippen LogP contribution in [-0.2, 0) is 20.8 Å². The van der Waals surface area contributed by atoms with Gasteiger partial charge in [0.25, 0.3) is 0 Å². The molecular weight excluding hydrogens is 642 g/mol. The molecule has 5 rings (SSSR count). The number of methoxy groups -OCH3 is 1. The van der Waals surface area contributed by atoms with Crippen molar-refractivity contribution in [3.8, 4) is 11.1 Å². The summed E-state index contributed by atoms with van der Waals surface area (Å²) < 4.78 is 10.5. The van der Waals surface area contributed by atoms with Gasteiger partial charge in [-0.05, 0) is 62.6 Å². The number of hydrogen-bond donors (Lipinski definition) is 2. The third-order valence-electron chi connectivity index (χ3n) is 7.73. The molecule has 2 heterocycles. The Hall–Kier alpha value is -5.22. The van der Waals surface area contributed by atoms with E-state index in [2.05, 4.69) is 15.6 Å². The van der Waals surface area contributed by atoms with Crippen molar-refractivity contribution >= 4 is 57.1 Å². The van der Waals surface area contributed by atoms with Crippen molar-refractivity contribution < 1.29 is 23.9 Å². The summed E-state index contributed by atoms with van der Waals surface area (Å²) in [6, 6.07) is 22.7. The molecule has 0 bridgehead atoms. The molecule has 2 N–H and O–H groups in total. The van der Waals surface area contributed by atoms with Crippen LogP contribution in [-0.4, -0.2) is 65.2 Å². The first-order chi connectivity index (χ1) is 23.5. The van der Waals surface area contributed by atoms with E-state index in [-0.39, 0.29) is 12.3 Å². The van der Waals surface area contributed by atoms with Gasteiger partial charge < -0.3 is 25.0 Å². The lowest BCUT2D eigenvalue weighted by Crippen LogP contribution is -2.37. The van der Waals surface area contributed by atoms with Crippen molar-refractivity contribution in [1.29, 1.82) is 0 Å². The molecule has 0 aliphatic heterocycles. The fraction of sp³-hybridized carbons (Fsp3) is 0.289. The van der Waals surface area contributed by atoms with Gasteiger partial charge in [-0.1, -0.05) is 60.1 Å². The smallest absolute Gasteiger partial charge is 0.410 e. The molecule has 0 saturated carbocycles. The summed E-state index contributed by atoms with van der Waals surface area (Å²) in [5.41, 5.74) is 3.14. The van der Waals surface area contributed by atoms with Crippen LogP contribution in [0.25, 0.3) is 32.8 Å². The zero-order valence-electron chi connectivity index (χ0n) is 28.1. The van der Waals surface area contributed by atoms with Crippen molar-refractivity contribution in [2.24, 2.45) is 0 Å². The van der Waals surface area contributed by atoms with Gasteiger partial charge in [-0.25, -0.2) is 14.6 Å². The molecule has 0 unspecified atom stereocenters. The Morgan fingerprint density at radius 2 is 1.71 bits per heavy atom. The number of carbonyl (C=O) groups excluding carboxylic acids is 3. The van der Waals surface area contributed by atoms with Crippen LogP contribution >= 0.6 is 11.6 Å². The highest BCUT2D eigenvalue weighted by Crippen LogP contribution is 2.30. The molecule has 254 valence electrons. The highest BCUT2D eigenvalue weighted by molar-refractivity contribution is 6.33. The summed E-state index contributed by atoms with van der Waals surface area (Å²) in [6.07, 6.45) is 3.68. The molecule has 0 atom stereocenters. The molecular formula is C38H40ClN5O5. The van der Waals surface area contributed by atoms with Crippen LogP contribution in [0.4, 0.5) is 10.6 Å². The summed E-state index contributed by atoms with van der Waals surface area (Å²) in [6.45, 7) is 6.86. The first-order valence-electron chi connectivity index (χ1n) is 16.1. The van der Waals surface area contributed by atoms with Gasteiger partial charge in [-0.3, -0.25) is 9.78 Å². The van der Waals surface area contributed by atoms with Crippen molar-refractivity contribution in [3.63, 3.8) is 0 Å². The normalized spacial score (nSPS) is 11.3. The summed E-state index contributed by atoms with van der Waals surface area (Å²) in [5.74, 6) is 0.0406. The molecule has 5 aromatic rings. The van der Waals surface area contributed by atoms with E-state index in [4.69, 9.17) is 26.1 Å². The van der Waals surface area contributed by atoms with Crippen LogP contribution in [0.5, 0.6) is 0 Å². The van der Waals surface area contributed by atoms with E-state index in [9.17, 15) is 14.4 Å². The SMILES string of the molecule is COC(=O)c1ccc2c(c1)nc(NCCNC(=O)CCCN(Cc1ccc(-c3ccccc3)c(Cl)c1)C(=O)OC(C)(C)C)c1ccncc12. The zero-order valence-corrected chi connectivity index (χ0v) is 28.8. The predicted molar refractivity (Wildman–Crippen MR) is 193 cm³/mol. The molecule has 49 heavy (non-hydrogen) atoms. The quantitative estimate of drug-likeness (QED) is 0.0783. The molecule has 0 saturated heterocycles. The third-order valence-corrected chi connectivity index (χ3v) is 8.05. The number of halogens is 1. The third kappa shape index (κ3) is 9.23. The Balaban J connectivity index is 1.17. The van der Waals surface area contributed by atoms with Crippen LogP contribution in [0, 0.1) is 0 Å². The van der Waals surface area contributed by atoms with E-state index < -0.39 is 17.7 Å². The number of fused-ring (bicyclic) bond motifs is 3. The van der Waals surface area contributed by atoms with Crippen LogP contribution in [0.15, 0.2) is 85.2 Å². The summed E-state index contributed by atoms with van der Waals surface area (Å²) in [4.78, 5) is 48.6. The number of aromatic nitrogens is 2. The largest absolute Gasteiger partial charge is 0.465 e. The molecule has 3 aromatic carbocycles. The molecule has 0 aliphatic rings. The molecule has 11 heteroatoms. The summed E-state index contributed by atoms with van der Waals surface area (Å²) >= 11 is 6.64. The molecule has 0 radical (unpaired) electrons. The van der Waals surface area contributed by atoms with E-state index in [0.29, 0.717) is 54.5 Å². The number of ether oxygens (including phenoxy) is 2. The molecule has 0 fully saturated rings. The lowest BCUT2D eigenvalue weighted by molar-refractivity contribution is -0.121. The van der Waals surface area contributed by atoms with E-state index >= 15 is 0 Å². The molecule has 0 spiro atoms. The number of benzene rings is 3. The monoisotopic (exact) mass is 681 g/mol. The lowest BCUT2D eigenvalue weighted by atomic mass is 10.0. The van der Waals surface area contributed by atoms with Gasteiger partial charge in [-0.15, -0.1) is 0 Å². The topological polar surface area (TPSA) is 123 Å². The molecule has 2 aromatic heterocycles. The Morgan fingerprint density at radius 3 is 2.45 bits per heavy atom. The second-order valence-electron chi connectivity index (χ2n) is 12.6. The maximum Gasteiger partial charge on any atom is 0.410 e. The Morgan fingerprint density at radius 1 is 0.918 bits per heavy atom. The van der Waals surface area contributed by atoms with Crippen molar-refractivity contribution in [2.45, 2.75) is 45.8 Å². The van der Waals surface area contributed by atoms with E-state index in [1.807, 2.05) is 81.4 Å². The fourth-order valence-electron chi connectivity index (χ4n) is 5.42. The van der Waals surface area contributed by atoms with Crippen molar-refractivity contribution in [1.82, 2.24) is 20.2 Å². The van der Waals surface area contributed by atoms with Crippen LogP contribution < -0.4 is 10.6 Å². The lowest BCUT2D eigenvalue weighted by Gasteiger charge is -2.27. The standard InChI is InChI=1S/C38H40ClN5O5/c1-38(2,3)49-37(47)44(24-25-12-14-28(32(39)21-25)26-9-6-5-7-10-26)20-8-11-34(45)41-18-19-42-35-30-16-17-40-23-31(30)29-15-13-27(36(46)48-4)22-33(29)43-35/h5-7,9-10,12-17,21-23H,8,11,18-20,24H2,1-4H3,(H,41,45)(H,42,43). The van der Waals surface area contributed by atoms with Gasteiger partial charge >= 0.3 is 12.1 Å². The van der Waals surface area contributed by atoms with Crippen molar-refractivity contribution in [2.75, 3.05) is 32.1 Å². The number of hydrogen-bond acceptors (Lipinski definition) is 8. The van der Waals surface area contributed by atoms with E-state index in [1.165, 1.54) is 7.11 Å². The first kappa shape index (κ1) is 35.1. The summed E-state index contributed by atoms with van der Waals surface area (Å²) in [5, 5.41) is 9.46. The highest BCUT2D eigenvalue weighted by atomic mass is 35.5. The van der Waals surface area contributed by atoms with E-state index in [1.54, 1.807) is 29.4 Å². The zero-order chi connectivity index (χ0) is 35.0. The number of esters is 1. The van der Waals surface area contributed by atoms with Gasteiger partial charge in [0.1, 0.15) is 11.4 Å². The number of nitrogens with zero attached hydrogens (tertiary/aromatic N) is 3. The van der Waals surface area contributed by atoms with Crippen LogP contribution in [0.2, 0.25) is 5.02 Å². The maximum atomic E-state index is 13.1. The van der Waals surface area contributed by atoms with Crippen molar-refractivity contribution in [3.05, 3.63) is 101 Å². The number of pyridine rings is 2. The van der Waals surface area contributed by atoms with Gasteiger partial charge in [0.15, 0.2) is 0 Å². The number of amides is 2. The molecule has 2 amide bonds. The number of carbonyl (C=O) groups is 3. The minimum Gasteiger partial charge on any atom is -0.465 e. The number of rotatable bonds is 12. The predicted octanol–water partition coefficient (Wildman–Crippen LogP) is 7.64. The van der Waals surface area contributed by atoms with Crippen LogP contribution in [0.3, 0.4) is 0 Å². The highest BCUT2D eigenvalue weighted by Gasteiger charge is 2.23. The Kier molecular flexibility index (Phi) is 11.3. The minimum absolute atomic E-state index is 0.135. The van der Waals surface area contributed by atoms with Gasteiger partial charge in [-0.2, -0.15) is 0 Å². The molecule has 0 aliphatic carbocycles. The maximum absolute atomic E-state index is 13.1. The van der Waals surface area contributed by atoms with Gasteiger partial charge in [0, 0.05) is 71.7 Å². The summed E-state index contributed by atoms with van der Waals surface area (Å²) in [7, 11) is 1.34. The average molecular weight is 682 g/mol. The minimum atomic E-state index is -0.667. The van der Waals surface area contributed by atoms with Crippen LogP contribution in [0.1, 0.15) is 49.5 Å². The Labute approximate surface area is 290 Å². The second kappa shape index (κ2) is 15.8. The second-order valence-corrected chi connectivity index (χ2v) is 13.0.